The standard InChI is InChI=1S/C26H32N4O2/c1-26(2,3)32-25(31)30-14-13-21-20-9-4-5-10-22(20)29-23(21)24(30)17-11-12-19(27-15-17)16-28-18-7-6-8-18/h4-5,9-12,15,18,24,28-29H,6-8,13-14,16H2,1-3H3/t24-/m0/s1. The molecule has 6 heteroatoms. The van der Waals surface area contributed by atoms with Crippen LogP contribution in [0.1, 0.15) is 68.6 Å². The molecule has 0 spiro atoms. The highest BCUT2D eigenvalue weighted by Crippen LogP contribution is 2.39. The average molecular weight is 433 g/mol. The Morgan fingerprint density at radius 3 is 2.72 bits per heavy atom. The molecule has 5 rings (SSSR count). The summed E-state index contributed by atoms with van der Waals surface area (Å²) in [6.45, 7) is 7.11. The van der Waals surface area contributed by atoms with Crippen LogP contribution in [0.2, 0.25) is 0 Å². The van der Waals surface area contributed by atoms with Gasteiger partial charge in [0.25, 0.3) is 0 Å². The second-order valence-electron chi connectivity index (χ2n) is 9.98. The second-order valence-corrected chi connectivity index (χ2v) is 9.98. The second kappa shape index (κ2) is 8.24. The topological polar surface area (TPSA) is 70.2 Å². The molecule has 0 radical (unpaired) electrons. The third-order valence-electron chi connectivity index (χ3n) is 6.50. The van der Waals surface area contributed by atoms with Crippen LogP contribution in [0, 0.1) is 0 Å². The first-order chi connectivity index (χ1) is 15.4. The van der Waals surface area contributed by atoms with Gasteiger partial charge in [-0.1, -0.05) is 30.7 Å². The van der Waals surface area contributed by atoms with Crippen LogP contribution >= 0.6 is 0 Å². The first-order valence-corrected chi connectivity index (χ1v) is 11.7. The van der Waals surface area contributed by atoms with E-state index in [2.05, 4.69) is 40.6 Å². The lowest BCUT2D eigenvalue weighted by atomic mass is 9.93. The van der Waals surface area contributed by atoms with E-state index in [1.54, 1.807) is 0 Å². The summed E-state index contributed by atoms with van der Waals surface area (Å²) in [6, 6.07) is 12.9. The molecule has 2 N–H and O–H groups in total. The van der Waals surface area contributed by atoms with Gasteiger partial charge in [0.1, 0.15) is 11.6 Å². The largest absolute Gasteiger partial charge is 0.444 e. The van der Waals surface area contributed by atoms with Crippen LogP contribution in [0.25, 0.3) is 10.9 Å². The molecule has 32 heavy (non-hydrogen) atoms. The number of nitrogens with one attached hydrogen (secondary N) is 2. The number of benzene rings is 1. The van der Waals surface area contributed by atoms with E-state index >= 15 is 0 Å². The Kier molecular flexibility index (Phi) is 5.41. The van der Waals surface area contributed by atoms with Crippen molar-refractivity contribution in [2.75, 3.05) is 6.54 Å². The van der Waals surface area contributed by atoms with E-state index in [0.717, 1.165) is 35.4 Å². The lowest BCUT2D eigenvalue weighted by molar-refractivity contribution is 0.0175. The minimum atomic E-state index is -0.544. The molecular formula is C26H32N4O2. The Bertz CT molecular complexity index is 1110. The van der Waals surface area contributed by atoms with Gasteiger partial charge < -0.3 is 15.0 Å². The van der Waals surface area contributed by atoms with E-state index < -0.39 is 5.60 Å². The summed E-state index contributed by atoms with van der Waals surface area (Å²) in [7, 11) is 0. The molecule has 168 valence electrons. The van der Waals surface area contributed by atoms with Crippen LogP contribution in [0.3, 0.4) is 0 Å². The van der Waals surface area contributed by atoms with Gasteiger partial charge in [-0.25, -0.2) is 4.79 Å². The SMILES string of the molecule is CC(C)(C)OC(=O)N1CCc2c([nH]c3ccccc23)[C@@H]1c1ccc(CNC2CCC2)nc1. The van der Waals surface area contributed by atoms with Crippen LogP contribution in [-0.4, -0.2) is 39.1 Å². The Morgan fingerprint density at radius 1 is 1.22 bits per heavy atom. The Balaban J connectivity index is 1.48. The summed E-state index contributed by atoms with van der Waals surface area (Å²) >= 11 is 0. The number of para-hydroxylation sites is 1. The molecular weight excluding hydrogens is 400 g/mol. The van der Waals surface area contributed by atoms with E-state index in [1.807, 2.05) is 37.9 Å². The van der Waals surface area contributed by atoms with Gasteiger partial charge >= 0.3 is 6.09 Å². The number of H-pyrrole nitrogens is 1. The lowest BCUT2D eigenvalue weighted by Gasteiger charge is -2.37. The fourth-order valence-corrected chi connectivity index (χ4v) is 4.67. The van der Waals surface area contributed by atoms with Gasteiger partial charge in [-0.2, -0.15) is 0 Å². The first-order valence-electron chi connectivity index (χ1n) is 11.7. The van der Waals surface area contributed by atoms with Gasteiger partial charge in [-0.3, -0.25) is 9.88 Å². The normalized spacial score (nSPS) is 19.0. The number of pyridine rings is 1. The highest BCUT2D eigenvalue weighted by molar-refractivity contribution is 5.86. The number of hydrogen-bond acceptors (Lipinski definition) is 4. The molecule has 2 aromatic heterocycles. The fourth-order valence-electron chi connectivity index (χ4n) is 4.67. The van der Waals surface area contributed by atoms with Crippen molar-refractivity contribution < 1.29 is 9.53 Å². The average Bonchev–Trinajstić information content (AvgIpc) is 3.10. The summed E-state index contributed by atoms with van der Waals surface area (Å²) in [4.78, 5) is 23.3. The van der Waals surface area contributed by atoms with Gasteiger partial charge in [0.15, 0.2) is 0 Å². The highest BCUT2D eigenvalue weighted by Gasteiger charge is 2.36. The number of fused-ring (bicyclic) bond motifs is 3. The maximum absolute atomic E-state index is 13.2. The number of carbonyl (C=O) groups is 1. The zero-order chi connectivity index (χ0) is 22.3. The Morgan fingerprint density at radius 2 is 2.03 bits per heavy atom. The summed E-state index contributed by atoms with van der Waals surface area (Å²) in [5, 5.41) is 4.79. The van der Waals surface area contributed by atoms with E-state index in [4.69, 9.17) is 9.72 Å². The molecule has 1 aromatic carbocycles. The Hall–Kier alpha value is -2.86. The summed E-state index contributed by atoms with van der Waals surface area (Å²) < 4.78 is 5.77. The number of hydrogen-bond donors (Lipinski definition) is 2. The summed E-state index contributed by atoms with van der Waals surface area (Å²) in [6.07, 6.45) is 6.26. The van der Waals surface area contributed by atoms with E-state index in [9.17, 15) is 4.79 Å². The Labute approximate surface area is 189 Å². The molecule has 0 saturated heterocycles. The number of aromatic nitrogens is 2. The van der Waals surface area contributed by atoms with Crippen LogP contribution in [-0.2, 0) is 17.7 Å². The van der Waals surface area contributed by atoms with Crippen molar-refractivity contribution in [2.45, 2.75) is 70.7 Å². The summed E-state index contributed by atoms with van der Waals surface area (Å²) in [5.41, 5.74) is 4.92. The molecule has 1 aliphatic heterocycles. The predicted octanol–water partition coefficient (Wildman–Crippen LogP) is 5.09. The zero-order valence-electron chi connectivity index (χ0n) is 19.1. The van der Waals surface area contributed by atoms with Gasteiger partial charge in [0.2, 0.25) is 0 Å². The number of amides is 1. The third-order valence-corrected chi connectivity index (χ3v) is 6.50. The number of rotatable bonds is 4. The molecule has 2 aliphatic rings. The smallest absolute Gasteiger partial charge is 0.411 e. The molecule has 3 aromatic rings. The van der Waals surface area contributed by atoms with Gasteiger partial charge in [-0.15, -0.1) is 0 Å². The number of nitrogens with zero attached hydrogens (tertiary/aromatic N) is 2. The van der Waals surface area contributed by atoms with Gasteiger partial charge in [-0.05, 0) is 63.3 Å². The van der Waals surface area contributed by atoms with Crippen LogP contribution in [0.15, 0.2) is 42.6 Å². The van der Waals surface area contributed by atoms with Crippen LogP contribution in [0.4, 0.5) is 4.79 Å². The third kappa shape index (κ3) is 4.11. The summed E-state index contributed by atoms with van der Waals surface area (Å²) in [5.74, 6) is 0. The minimum absolute atomic E-state index is 0.248. The number of ether oxygens (including phenoxy) is 1. The lowest BCUT2D eigenvalue weighted by Crippen LogP contribution is -2.43. The maximum atomic E-state index is 13.2. The zero-order valence-corrected chi connectivity index (χ0v) is 19.1. The molecule has 1 atom stereocenters. The highest BCUT2D eigenvalue weighted by atomic mass is 16.6. The number of carbonyl (C=O) groups excluding carboxylic acids is 1. The van der Waals surface area contributed by atoms with Crippen molar-refractivity contribution in [3.63, 3.8) is 0 Å². The van der Waals surface area contributed by atoms with Crippen LogP contribution in [0.5, 0.6) is 0 Å². The van der Waals surface area contributed by atoms with Crippen molar-refractivity contribution in [1.29, 1.82) is 0 Å². The molecule has 0 bridgehead atoms. The van der Waals surface area contributed by atoms with E-state index in [0.29, 0.717) is 12.6 Å². The molecule has 1 amide bonds. The van der Waals surface area contributed by atoms with E-state index in [-0.39, 0.29) is 12.1 Å². The molecule has 6 nitrogen and oxygen atoms in total. The molecule has 3 heterocycles. The van der Waals surface area contributed by atoms with Crippen molar-refractivity contribution >= 4 is 17.0 Å². The van der Waals surface area contributed by atoms with E-state index in [1.165, 1.54) is 30.2 Å². The van der Waals surface area contributed by atoms with Gasteiger partial charge in [0.05, 0.1) is 5.69 Å². The molecule has 1 fully saturated rings. The monoisotopic (exact) mass is 432 g/mol. The predicted molar refractivity (Wildman–Crippen MR) is 126 cm³/mol. The van der Waals surface area contributed by atoms with Crippen molar-refractivity contribution in [3.05, 3.63) is 65.1 Å². The fraction of sp³-hybridized carbons (Fsp3) is 0.462. The maximum Gasteiger partial charge on any atom is 0.411 e. The minimum Gasteiger partial charge on any atom is -0.444 e. The van der Waals surface area contributed by atoms with Crippen molar-refractivity contribution in [1.82, 2.24) is 20.2 Å². The quantitative estimate of drug-likeness (QED) is 0.603. The van der Waals surface area contributed by atoms with Crippen LogP contribution < -0.4 is 5.32 Å². The number of aromatic amines is 1. The van der Waals surface area contributed by atoms with Crippen molar-refractivity contribution in [3.8, 4) is 0 Å². The molecule has 0 unspecified atom stereocenters. The van der Waals surface area contributed by atoms with Gasteiger partial charge in [0, 0.05) is 41.9 Å². The van der Waals surface area contributed by atoms with Crippen molar-refractivity contribution in [2.24, 2.45) is 0 Å². The first kappa shape index (κ1) is 21.0. The molecule has 1 aliphatic carbocycles. The molecule has 1 saturated carbocycles.